The summed E-state index contributed by atoms with van der Waals surface area (Å²) in [7, 11) is 3.33. The van der Waals surface area contributed by atoms with Crippen molar-refractivity contribution in [3.05, 3.63) is 71.3 Å². The van der Waals surface area contributed by atoms with E-state index in [-0.39, 0.29) is 0 Å². The number of hydrogen-bond acceptors (Lipinski definition) is 3. The first-order chi connectivity index (χ1) is 11.2. The third-order valence-electron chi connectivity index (χ3n) is 3.76. The second-order valence-corrected chi connectivity index (χ2v) is 5.57. The molecule has 0 fully saturated rings. The monoisotopic (exact) mass is 311 g/mol. The van der Waals surface area contributed by atoms with E-state index in [1.807, 2.05) is 12.1 Å². The van der Waals surface area contributed by atoms with Crippen molar-refractivity contribution in [1.29, 1.82) is 0 Å². The Morgan fingerprint density at radius 3 is 2.30 bits per heavy atom. The maximum Gasteiger partial charge on any atom is 0.164 e. The molecule has 0 unspecified atom stereocenters. The van der Waals surface area contributed by atoms with Crippen molar-refractivity contribution in [3.63, 3.8) is 0 Å². The highest BCUT2D eigenvalue weighted by atomic mass is 16.5. The van der Waals surface area contributed by atoms with Crippen LogP contribution < -0.4 is 14.8 Å². The Morgan fingerprint density at radius 2 is 1.70 bits per heavy atom. The summed E-state index contributed by atoms with van der Waals surface area (Å²) in [5, 5.41) is 3.47. The fourth-order valence-corrected chi connectivity index (χ4v) is 2.57. The highest BCUT2D eigenvalue weighted by Crippen LogP contribution is 2.33. The van der Waals surface area contributed by atoms with Gasteiger partial charge in [0.2, 0.25) is 0 Å². The molecule has 0 aliphatic heterocycles. The number of nitrogens with one attached hydrogen (secondary N) is 1. The molecule has 23 heavy (non-hydrogen) atoms. The van der Waals surface area contributed by atoms with E-state index in [0.29, 0.717) is 0 Å². The van der Waals surface area contributed by atoms with Crippen molar-refractivity contribution in [2.24, 2.45) is 0 Å². The van der Waals surface area contributed by atoms with Crippen molar-refractivity contribution < 1.29 is 9.47 Å². The molecule has 0 atom stereocenters. The average molecular weight is 311 g/mol. The Morgan fingerprint density at radius 1 is 1.00 bits per heavy atom. The number of allylic oxidation sites excluding steroid dienone is 1. The van der Waals surface area contributed by atoms with Gasteiger partial charge in [-0.2, -0.15) is 0 Å². The highest BCUT2D eigenvalue weighted by Gasteiger charge is 2.11. The van der Waals surface area contributed by atoms with Crippen LogP contribution in [0, 0.1) is 6.92 Å². The third kappa shape index (κ3) is 4.60. The Bertz CT molecular complexity index is 647. The molecule has 2 rings (SSSR count). The fourth-order valence-electron chi connectivity index (χ4n) is 2.57. The van der Waals surface area contributed by atoms with Crippen LogP contribution in [0.2, 0.25) is 0 Å². The van der Waals surface area contributed by atoms with E-state index in [0.717, 1.165) is 36.6 Å². The first kappa shape index (κ1) is 17.1. The topological polar surface area (TPSA) is 30.5 Å². The highest BCUT2D eigenvalue weighted by molar-refractivity contribution is 5.50. The van der Waals surface area contributed by atoms with Gasteiger partial charge in [0.1, 0.15) is 0 Å². The van der Waals surface area contributed by atoms with Gasteiger partial charge in [0.05, 0.1) is 14.2 Å². The molecule has 0 saturated heterocycles. The number of rotatable bonds is 8. The Balaban J connectivity index is 2.08. The van der Waals surface area contributed by atoms with E-state index in [1.54, 1.807) is 14.2 Å². The molecule has 122 valence electrons. The lowest BCUT2D eigenvalue weighted by atomic mass is 10.1. The lowest BCUT2D eigenvalue weighted by Crippen LogP contribution is -2.13. The maximum atomic E-state index is 5.47. The zero-order chi connectivity index (χ0) is 16.7. The lowest BCUT2D eigenvalue weighted by Gasteiger charge is -2.15. The van der Waals surface area contributed by atoms with Gasteiger partial charge >= 0.3 is 0 Å². The number of hydrogen-bond donors (Lipinski definition) is 1. The van der Waals surface area contributed by atoms with E-state index in [2.05, 4.69) is 49.2 Å². The normalized spacial score (nSPS) is 10.4. The average Bonchev–Trinajstić information content (AvgIpc) is 2.56. The van der Waals surface area contributed by atoms with Crippen LogP contribution in [-0.2, 0) is 19.5 Å². The molecule has 3 heteroatoms. The molecular weight excluding hydrogens is 286 g/mol. The van der Waals surface area contributed by atoms with Crippen LogP contribution in [0.3, 0.4) is 0 Å². The largest absolute Gasteiger partial charge is 0.493 e. The van der Waals surface area contributed by atoms with Crippen molar-refractivity contribution in [1.82, 2.24) is 5.32 Å². The summed E-state index contributed by atoms with van der Waals surface area (Å²) in [5.74, 6) is 1.55. The SMILES string of the molecule is C=CCc1cc(CNCc2ccc(C)cc2)cc(OC)c1OC. The lowest BCUT2D eigenvalue weighted by molar-refractivity contribution is 0.351. The van der Waals surface area contributed by atoms with E-state index in [4.69, 9.17) is 9.47 Å². The van der Waals surface area contributed by atoms with Crippen LogP contribution in [-0.4, -0.2) is 14.2 Å². The molecule has 0 aromatic heterocycles. The third-order valence-corrected chi connectivity index (χ3v) is 3.76. The molecule has 0 bridgehead atoms. The quantitative estimate of drug-likeness (QED) is 0.747. The van der Waals surface area contributed by atoms with Crippen molar-refractivity contribution in [2.75, 3.05) is 14.2 Å². The van der Waals surface area contributed by atoms with E-state index >= 15 is 0 Å². The van der Waals surface area contributed by atoms with Gasteiger partial charge in [-0.25, -0.2) is 0 Å². The summed E-state index contributed by atoms with van der Waals surface area (Å²) in [6.07, 6.45) is 2.63. The summed E-state index contributed by atoms with van der Waals surface area (Å²) in [4.78, 5) is 0. The van der Waals surface area contributed by atoms with Crippen LogP contribution >= 0.6 is 0 Å². The summed E-state index contributed by atoms with van der Waals surface area (Å²) in [6, 6.07) is 12.7. The van der Waals surface area contributed by atoms with E-state index in [9.17, 15) is 0 Å². The summed E-state index contributed by atoms with van der Waals surface area (Å²) in [5.41, 5.74) is 4.82. The van der Waals surface area contributed by atoms with Crippen LogP contribution in [0.4, 0.5) is 0 Å². The molecule has 0 aliphatic carbocycles. The van der Waals surface area contributed by atoms with Crippen molar-refractivity contribution in [3.8, 4) is 11.5 Å². The molecule has 0 heterocycles. The zero-order valence-corrected chi connectivity index (χ0v) is 14.2. The van der Waals surface area contributed by atoms with E-state index < -0.39 is 0 Å². The molecular formula is C20H25NO2. The predicted molar refractivity (Wildman–Crippen MR) is 95.2 cm³/mol. The Hall–Kier alpha value is -2.26. The van der Waals surface area contributed by atoms with Gasteiger partial charge in [0.15, 0.2) is 11.5 Å². The van der Waals surface area contributed by atoms with E-state index in [1.165, 1.54) is 16.7 Å². The molecule has 2 aromatic rings. The van der Waals surface area contributed by atoms with Crippen LogP contribution in [0.5, 0.6) is 11.5 Å². The van der Waals surface area contributed by atoms with Gasteiger partial charge in [-0.3, -0.25) is 0 Å². The molecule has 0 amide bonds. The number of benzene rings is 2. The zero-order valence-electron chi connectivity index (χ0n) is 14.2. The predicted octanol–water partition coefficient (Wildman–Crippen LogP) is 4.03. The fraction of sp³-hybridized carbons (Fsp3) is 0.300. The first-order valence-electron chi connectivity index (χ1n) is 7.79. The molecule has 0 radical (unpaired) electrons. The molecule has 2 aromatic carbocycles. The standard InChI is InChI=1S/C20H25NO2/c1-5-6-18-11-17(12-19(22-3)20(18)23-4)14-21-13-16-9-7-15(2)8-10-16/h5,7-12,21H,1,6,13-14H2,2-4H3. The maximum absolute atomic E-state index is 5.47. The van der Waals surface area contributed by atoms with Gasteiger partial charge in [0.25, 0.3) is 0 Å². The number of ether oxygens (including phenoxy) is 2. The Kier molecular flexibility index (Phi) is 6.24. The molecule has 1 N–H and O–H groups in total. The minimum atomic E-state index is 0.755. The van der Waals surface area contributed by atoms with Gasteiger partial charge in [-0.05, 0) is 30.5 Å². The first-order valence-corrected chi connectivity index (χ1v) is 7.79. The van der Waals surface area contributed by atoms with Crippen LogP contribution in [0.15, 0.2) is 49.1 Å². The minimum Gasteiger partial charge on any atom is -0.493 e. The van der Waals surface area contributed by atoms with Gasteiger partial charge in [-0.1, -0.05) is 42.0 Å². The minimum absolute atomic E-state index is 0.755. The van der Waals surface area contributed by atoms with Gasteiger partial charge in [-0.15, -0.1) is 6.58 Å². The van der Waals surface area contributed by atoms with Gasteiger partial charge < -0.3 is 14.8 Å². The number of aryl methyl sites for hydroxylation is 1. The second-order valence-electron chi connectivity index (χ2n) is 5.57. The summed E-state index contributed by atoms with van der Waals surface area (Å²) >= 11 is 0. The van der Waals surface area contributed by atoms with Crippen molar-refractivity contribution >= 4 is 0 Å². The van der Waals surface area contributed by atoms with Crippen molar-refractivity contribution in [2.45, 2.75) is 26.4 Å². The molecule has 3 nitrogen and oxygen atoms in total. The number of methoxy groups -OCH3 is 2. The molecule has 0 aliphatic rings. The van der Waals surface area contributed by atoms with Gasteiger partial charge in [0, 0.05) is 18.7 Å². The Labute approximate surface area is 138 Å². The molecule has 0 spiro atoms. The summed E-state index contributed by atoms with van der Waals surface area (Å²) < 4.78 is 10.9. The summed E-state index contributed by atoms with van der Waals surface area (Å²) in [6.45, 7) is 7.53. The molecule has 0 saturated carbocycles. The smallest absolute Gasteiger partial charge is 0.164 e. The van der Waals surface area contributed by atoms with Crippen LogP contribution in [0.25, 0.3) is 0 Å². The second kappa shape index (κ2) is 8.39. The van der Waals surface area contributed by atoms with Crippen LogP contribution in [0.1, 0.15) is 22.3 Å².